The van der Waals surface area contributed by atoms with Gasteiger partial charge in [-0.25, -0.2) is 4.39 Å². The lowest BCUT2D eigenvalue weighted by molar-refractivity contribution is -0.154. The van der Waals surface area contributed by atoms with E-state index in [9.17, 15) is 17.6 Å². The Balaban J connectivity index is 2.74. The normalized spacial score (nSPS) is 14.1. The minimum Gasteiger partial charge on any atom is -0.388 e. The molecule has 1 rings (SSSR count). The molecule has 0 fully saturated rings. The number of hydrogen-bond acceptors (Lipinski definition) is 1. The van der Waals surface area contributed by atoms with Gasteiger partial charge in [-0.05, 0) is 17.7 Å². The third-order valence-electron chi connectivity index (χ3n) is 1.66. The number of aliphatic hydroxyl groups excluding tert-OH is 1. The van der Waals surface area contributed by atoms with Gasteiger partial charge < -0.3 is 5.11 Å². The van der Waals surface area contributed by atoms with Crippen LogP contribution in [0.1, 0.15) is 18.1 Å². The van der Waals surface area contributed by atoms with Gasteiger partial charge in [-0.15, -0.1) is 0 Å². The van der Waals surface area contributed by atoms with Gasteiger partial charge in [-0.3, -0.25) is 0 Å². The van der Waals surface area contributed by atoms with E-state index in [1.807, 2.05) is 0 Å². The van der Waals surface area contributed by atoms with Gasteiger partial charge in [0.25, 0.3) is 0 Å². The largest absolute Gasteiger partial charge is 0.391 e. The van der Waals surface area contributed by atoms with Crippen molar-refractivity contribution in [3.05, 3.63) is 35.6 Å². The predicted octanol–water partition coefficient (Wildman–Crippen LogP) is 2.81. The summed E-state index contributed by atoms with van der Waals surface area (Å²) in [6.07, 6.45) is -7.52. The molecule has 1 nitrogen and oxygen atoms in total. The predicted molar refractivity (Wildman–Crippen MR) is 42.0 cm³/mol. The Morgan fingerprint density at radius 3 is 2.43 bits per heavy atom. The number of aliphatic hydroxyl groups is 1. The van der Waals surface area contributed by atoms with Crippen LogP contribution in [0.5, 0.6) is 0 Å². The summed E-state index contributed by atoms with van der Waals surface area (Å²) in [5.74, 6) is -0.663. The van der Waals surface area contributed by atoms with Crippen LogP contribution in [0.2, 0.25) is 0 Å². The van der Waals surface area contributed by atoms with E-state index < -0.39 is 24.5 Å². The fourth-order valence-corrected chi connectivity index (χ4v) is 1.05. The van der Waals surface area contributed by atoms with Crippen molar-refractivity contribution in [2.24, 2.45) is 0 Å². The molecular formula is C9H8F4O. The molecule has 1 aromatic carbocycles. The number of halogens is 4. The molecule has 0 saturated carbocycles. The molecule has 1 aromatic rings. The SMILES string of the molecule is O[C@@H](CC(F)(F)F)c1cccc(F)c1. The first kappa shape index (κ1) is 11.0. The van der Waals surface area contributed by atoms with Crippen molar-refractivity contribution in [3.63, 3.8) is 0 Å². The summed E-state index contributed by atoms with van der Waals surface area (Å²) < 4.78 is 48.1. The molecule has 0 amide bonds. The van der Waals surface area contributed by atoms with Crippen molar-refractivity contribution in [1.29, 1.82) is 0 Å². The highest BCUT2D eigenvalue weighted by Crippen LogP contribution is 2.29. The van der Waals surface area contributed by atoms with Crippen molar-refractivity contribution in [2.75, 3.05) is 0 Å². The smallest absolute Gasteiger partial charge is 0.388 e. The molecule has 0 aliphatic heterocycles. The Hall–Kier alpha value is -1.10. The summed E-state index contributed by atoms with van der Waals surface area (Å²) in [6, 6.07) is 4.49. The number of benzene rings is 1. The molecule has 0 unspecified atom stereocenters. The monoisotopic (exact) mass is 208 g/mol. The van der Waals surface area contributed by atoms with E-state index in [2.05, 4.69) is 0 Å². The maximum absolute atomic E-state index is 12.6. The molecule has 78 valence electrons. The van der Waals surface area contributed by atoms with Gasteiger partial charge in [-0.1, -0.05) is 12.1 Å². The topological polar surface area (TPSA) is 20.2 Å². The van der Waals surface area contributed by atoms with Crippen LogP contribution in [-0.4, -0.2) is 11.3 Å². The van der Waals surface area contributed by atoms with E-state index in [4.69, 9.17) is 5.11 Å². The van der Waals surface area contributed by atoms with Gasteiger partial charge in [0.15, 0.2) is 0 Å². The first-order valence-electron chi connectivity index (χ1n) is 3.89. The molecule has 0 aliphatic rings. The molecule has 0 radical (unpaired) electrons. The lowest BCUT2D eigenvalue weighted by atomic mass is 10.1. The summed E-state index contributed by atoms with van der Waals surface area (Å²) in [5.41, 5.74) is -0.0673. The highest BCUT2D eigenvalue weighted by Gasteiger charge is 2.31. The van der Waals surface area contributed by atoms with Crippen molar-refractivity contribution >= 4 is 0 Å². The third kappa shape index (κ3) is 3.33. The van der Waals surface area contributed by atoms with Gasteiger partial charge in [0.2, 0.25) is 0 Å². The number of alkyl halides is 3. The van der Waals surface area contributed by atoms with E-state index >= 15 is 0 Å². The van der Waals surface area contributed by atoms with Crippen LogP contribution in [0.4, 0.5) is 17.6 Å². The van der Waals surface area contributed by atoms with E-state index in [1.165, 1.54) is 12.1 Å². The molecule has 1 atom stereocenters. The first-order valence-corrected chi connectivity index (χ1v) is 3.89. The Kier molecular flexibility index (Phi) is 3.10. The van der Waals surface area contributed by atoms with E-state index in [0.717, 1.165) is 12.1 Å². The molecule has 0 spiro atoms. The van der Waals surface area contributed by atoms with Crippen LogP contribution in [0.25, 0.3) is 0 Å². The van der Waals surface area contributed by atoms with Crippen LogP contribution in [0, 0.1) is 5.82 Å². The summed E-state index contributed by atoms with van der Waals surface area (Å²) in [4.78, 5) is 0. The highest BCUT2D eigenvalue weighted by atomic mass is 19.4. The summed E-state index contributed by atoms with van der Waals surface area (Å²) in [5, 5.41) is 9.09. The van der Waals surface area contributed by atoms with Gasteiger partial charge in [0, 0.05) is 0 Å². The highest BCUT2D eigenvalue weighted by molar-refractivity contribution is 5.18. The zero-order chi connectivity index (χ0) is 10.8. The third-order valence-corrected chi connectivity index (χ3v) is 1.66. The fourth-order valence-electron chi connectivity index (χ4n) is 1.05. The minimum absolute atomic E-state index is 0.0673. The maximum Gasteiger partial charge on any atom is 0.391 e. The van der Waals surface area contributed by atoms with E-state index in [1.54, 1.807) is 0 Å². The van der Waals surface area contributed by atoms with Crippen molar-refractivity contribution in [1.82, 2.24) is 0 Å². The molecule has 0 aromatic heterocycles. The van der Waals surface area contributed by atoms with E-state index in [0.29, 0.717) is 0 Å². The number of rotatable bonds is 2. The Morgan fingerprint density at radius 2 is 1.93 bits per heavy atom. The molecule has 5 heteroatoms. The molecule has 1 N–H and O–H groups in total. The molecular weight excluding hydrogens is 200 g/mol. The van der Waals surface area contributed by atoms with Gasteiger partial charge in [0.1, 0.15) is 5.82 Å². The standard InChI is InChI=1S/C9H8F4O/c10-7-3-1-2-6(4-7)8(14)5-9(11,12)13/h1-4,8,14H,5H2/t8-/m0/s1. The summed E-state index contributed by atoms with van der Waals surface area (Å²) in [6.45, 7) is 0. The van der Waals surface area contributed by atoms with Crippen LogP contribution < -0.4 is 0 Å². The lowest BCUT2D eigenvalue weighted by Gasteiger charge is -2.13. The Labute approximate surface area is 78.0 Å². The second kappa shape index (κ2) is 3.96. The lowest BCUT2D eigenvalue weighted by Crippen LogP contribution is -2.13. The minimum atomic E-state index is -4.45. The molecule has 0 saturated heterocycles. The Bertz CT molecular complexity index is 308. The number of hydrogen-bond donors (Lipinski definition) is 1. The Morgan fingerprint density at radius 1 is 1.29 bits per heavy atom. The summed E-state index contributed by atoms with van der Waals surface area (Å²) >= 11 is 0. The second-order valence-electron chi connectivity index (χ2n) is 2.89. The molecule has 0 bridgehead atoms. The molecule has 0 aliphatic carbocycles. The van der Waals surface area contributed by atoms with E-state index in [-0.39, 0.29) is 5.56 Å². The van der Waals surface area contributed by atoms with Gasteiger partial charge in [0.05, 0.1) is 12.5 Å². The zero-order valence-electron chi connectivity index (χ0n) is 7.05. The van der Waals surface area contributed by atoms with Crippen molar-refractivity contribution < 1.29 is 22.7 Å². The van der Waals surface area contributed by atoms with Crippen LogP contribution >= 0.6 is 0 Å². The average molecular weight is 208 g/mol. The quantitative estimate of drug-likeness (QED) is 0.741. The molecule has 0 heterocycles. The summed E-state index contributed by atoms with van der Waals surface area (Å²) in [7, 11) is 0. The van der Waals surface area contributed by atoms with Crippen LogP contribution in [-0.2, 0) is 0 Å². The van der Waals surface area contributed by atoms with Crippen molar-refractivity contribution in [3.8, 4) is 0 Å². The van der Waals surface area contributed by atoms with Gasteiger partial charge in [-0.2, -0.15) is 13.2 Å². The van der Waals surface area contributed by atoms with Crippen LogP contribution in [0.3, 0.4) is 0 Å². The maximum atomic E-state index is 12.6. The van der Waals surface area contributed by atoms with Crippen molar-refractivity contribution in [2.45, 2.75) is 18.7 Å². The first-order chi connectivity index (χ1) is 6.38. The van der Waals surface area contributed by atoms with Crippen LogP contribution in [0.15, 0.2) is 24.3 Å². The van der Waals surface area contributed by atoms with Gasteiger partial charge >= 0.3 is 6.18 Å². The average Bonchev–Trinajstić information content (AvgIpc) is 2.01. The zero-order valence-corrected chi connectivity index (χ0v) is 7.05. The fraction of sp³-hybridized carbons (Fsp3) is 0.333. The second-order valence-corrected chi connectivity index (χ2v) is 2.89. The molecule has 14 heavy (non-hydrogen) atoms.